The van der Waals surface area contributed by atoms with Gasteiger partial charge >= 0.3 is 9.41 Å². The molecule has 1 radical (unpaired) electrons. The van der Waals surface area contributed by atoms with Crippen LogP contribution in [0, 0.1) is 41.5 Å². The average Bonchev–Trinajstić information content (AvgIpc) is 2.53. The lowest BCUT2D eigenvalue weighted by Gasteiger charge is -2.18. The van der Waals surface area contributed by atoms with E-state index < -0.39 is 9.41 Å². The van der Waals surface area contributed by atoms with Crippen LogP contribution in [0.25, 0.3) is 22.3 Å². The molecule has 0 fully saturated rings. The van der Waals surface area contributed by atoms with E-state index in [0.29, 0.717) is 0 Å². The molecule has 0 saturated carbocycles. The lowest BCUT2D eigenvalue weighted by molar-refractivity contribution is 0.583. The third-order valence-corrected chi connectivity index (χ3v) is 5.80. The van der Waals surface area contributed by atoms with E-state index in [-0.39, 0.29) is 0 Å². The van der Waals surface area contributed by atoms with Gasteiger partial charge < -0.3 is 4.46 Å². The molecule has 0 aromatic heterocycles. The first-order valence-electron chi connectivity index (χ1n) is 9.01. The summed E-state index contributed by atoms with van der Waals surface area (Å²) in [5, 5.41) is 0.928. The zero-order valence-corrected chi connectivity index (χ0v) is 17.4. The third kappa shape index (κ3) is 3.22. The van der Waals surface area contributed by atoms with Crippen LogP contribution in [-0.4, -0.2) is 9.41 Å². The summed E-state index contributed by atoms with van der Waals surface area (Å²) in [6.45, 7) is 12.8. The van der Waals surface area contributed by atoms with Crippen molar-refractivity contribution in [3.05, 3.63) is 75.8 Å². The first-order valence-corrected chi connectivity index (χ1v) is 9.92. The second kappa shape index (κ2) is 7.12. The minimum atomic E-state index is -0.491. The van der Waals surface area contributed by atoms with Crippen molar-refractivity contribution in [2.75, 3.05) is 0 Å². The lowest BCUT2D eigenvalue weighted by Crippen LogP contribution is -2.16. The van der Waals surface area contributed by atoms with Crippen LogP contribution >= 0.6 is 0 Å². The topological polar surface area (TPSA) is 17.1 Å². The van der Waals surface area contributed by atoms with E-state index >= 15 is 0 Å². The Morgan fingerprint density at radius 1 is 0.615 bits per heavy atom. The Balaban J connectivity index is 2.34. The van der Waals surface area contributed by atoms with Crippen LogP contribution in [0.3, 0.4) is 0 Å². The van der Waals surface area contributed by atoms with E-state index in [9.17, 15) is 4.46 Å². The van der Waals surface area contributed by atoms with Gasteiger partial charge in [-0.3, -0.25) is 0 Å². The van der Waals surface area contributed by atoms with Gasteiger partial charge in [-0.2, -0.15) is 0 Å². The maximum absolute atomic E-state index is 12.3. The number of benzene rings is 3. The largest absolute Gasteiger partial charge is 0.378 e. The summed E-state index contributed by atoms with van der Waals surface area (Å²) >= 11 is 0. The molecule has 3 rings (SSSR count). The van der Waals surface area contributed by atoms with Crippen molar-refractivity contribution in [1.82, 2.24) is 0 Å². The maximum Gasteiger partial charge on any atom is 0.366 e. The van der Waals surface area contributed by atoms with Gasteiger partial charge in [-0.05, 0) is 86.1 Å². The van der Waals surface area contributed by atoms with Gasteiger partial charge in [-0.1, -0.05) is 53.6 Å². The van der Waals surface area contributed by atoms with E-state index in [1.54, 1.807) is 0 Å². The Bertz CT molecular complexity index is 893. The summed E-state index contributed by atoms with van der Waals surface area (Å²) < 4.78 is 12.3. The standard InChI is InChI=1S/C24H25OSi/c1-14-10-16(3)22(17(4)11-14)20-8-7-9-21(24(20)26-25)23-18(5)12-15(2)13-19(23)6/h7-13H,1-6H3. The third-order valence-electron chi connectivity index (χ3n) is 5.06. The molecule has 0 aliphatic carbocycles. The molecule has 1 nitrogen and oxygen atoms in total. The normalized spacial score (nSPS) is 10.8. The van der Waals surface area contributed by atoms with Gasteiger partial charge in [-0.25, -0.2) is 0 Å². The molecule has 0 unspecified atom stereocenters. The lowest BCUT2D eigenvalue weighted by atomic mass is 9.89. The van der Waals surface area contributed by atoms with Crippen LogP contribution in [0.2, 0.25) is 0 Å². The number of hydrogen-bond donors (Lipinski definition) is 0. The number of aryl methyl sites for hydroxylation is 6. The summed E-state index contributed by atoms with van der Waals surface area (Å²) in [7, 11) is -0.491. The van der Waals surface area contributed by atoms with E-state index in [4.69, 9.17) is 0 Å². The second-order valence-corrected chi connectivity index (χ2v) is 8.08. The van der Waals surface area contributed by atoms with Gasteiger partial charge in [-0.15, -0.1) is 0 Å². The van der Waals surface area contributed by atoms with Crippen LogP contribution in [-0.2, 0) is 4.46 Å². The molecule has 0 atom stereocenters. The molecule has 3 aromatic rings. The van der Waals surface area contributed by atoms with Crippen LogP contribution in [0.15, 0.2) is 42.5 Å². The fourth-order valence-electron chi connectivity index (χ4n) is 4.29. The van der Waals surface area contributed by atoms with Crippen molar-refractivity contribution in [2.24, 2.45) is 0 Å². The highest BCUT2D eigenvalue weighted by atomic mass is 28.2. The molecule has 3 aromatic carbocycles. The molecule has 0 bridgehead atoms. The summed E-state index contributed by atoms with van der Waals surface area (Å²) in [6.07, 6.45) is 0. The fourth-order valence-corrected chi connectivity index (χ4v) is 4.93. The van der Waals surface area contributed by atoms with Crippen LogP contribution in [0.4, 0.5) is 0 Å². The van der Waals surface area contributed by atoms with Gasteiger partial charge in [0.2, 0.25) is 0 Å². The molecule has 0 heterocycles. The molecule has 0 aliphatic rings. The van der Waals surface area contributed by atoms with Crippen LogP contribution in [0.5, 0.6) is 0 Å². The van der Waals surface area contributed by atoms with E-state index in [0.717, 1.165) is 16.3 Å². The van der Waals surface area contributed by atoms with Crippen molar-refractivity contribution >= 4 is 14.6 Å². The Kier molecular flexibility index (Phi) is 5.06. The fraction of sp³-hybridized carbons (Fsp3) is 0.250. The molecule has 26 heavy (non-hydrogen) atoms. The van der Waals surface area contributed by atoms with Gasteiger partial charge in [0, 0.05) is 5.19 Å². The molecule has 0 spiro atoms. The molecule has 0 amide bonds. The van der Waals surface area contributed by atoms with E-state index in [1.165, 1.54) is 44.5 Å². The highest BCUT2D eigenvalue weighted by Gasteiger charge is 2.18. The van der Waals surface area contributed by atoms with Gasteiger partial charge in [0.15, 0.2) is 0 Å². The van der Waals surface area contributed by atoms with Crippen molar-refractivity contribution in [1.29, 1.82) is 0 Å². The highest BCUT2D eigenvalue weighted by molar-refractivity contribution is 6.45. The molecule has 0 saturated heterocycles. The van der Waals surface area contributed by atoms with Crippen LogP contribution < -0.4 is 5.19 Å². The number of hydrogen-bond acceptors (Lipinski definition) is 1. The van der Waals surface area contributed by atoms with Gasteiger partial charge in [0.05, 0.1) is 0 Å². The minimum Gasteiger partial charge on any atom is -0.378 e. The van der Waals surface area contributed by atoms with Crippen LogP contribution in [0.1, 0.15) is 33.4 Å². The summed E-state index contributed by atoms with van der Waals surface area (Å²) in [4.78, 5) is 0. The first kappa shape index (κ1) is 18.5. The molecule has 131 valence electrons. The quantitative estimate of drug-likeness (QED) is 0.562. The van der Waals surface area contributed by atoms with Crippen molar-refractivity contribution in [2.45, 2.75) is 41.5 Å². The van der Waals surface area contributed by atoms with Crippen molar-refractivity contribution in [3.63, 3.8) is 0 Å². The van der Waals surface area contributed by atoms with Crippen molar-refractivity contribution in [3.8, 4) is 22.3 Å². The molecule has 2 heteroatoms. The SMILES string of the molecule is Cc1cc(C)c(-c2cccc(-c3c(C)cc(C)cc3C)c2[Si]=O)c(C)c1. The smallest absolute Gasteiger partial charge is 0.366 e. The maximum atomic E-state index is 12.3. The summed E-state index contributed by atoms with van der Waals surface area (Å²) in [6, 6.07) is 15.1. The molecule has 0 N–H and O–H groups in total. The zero-order chi connectivity index (χ0) is 19.0. The molecular formula is C24H25OSi. The molecular weight excluding hydrogens is 332 g/mol. The first-order chi connectivity index (χ1) is 12.3. The Labute approximate surface area is 159 Å². The summed E-state index contributed by atoms with van der Waals surface area (Å²) in [5.74, 6) is 0. The highest BCUT2D eigenvalue weighted by Crippen LogP contribution is 2.32. The predicted octanol–water partition coefficient (Wildman–Crippen LogP) is 5.55. The Hall–Kier alpha value is -2.32. The predicted molar refractivity (Wildman–Crippen MR) is 112 cm³/mol. The average molecular weight is 358 g/mol. The number of rotatable bonds is 3. The monoisotopic (exact) mass is 357 g/mol. The van der Waals surface area contributed by atoms with Gasteiger partial charge in [0.25, 0.3) is 0 Å². The Morgan fingerprint density at radius 3 is 1.27 bits per heavy atom. The van der Waals surface area contributed by atoms with Gasteiger partial charge in [0.1, 0.15) is 0 Å². The van der Waals surface area contributed by atoms with Crippen molar-refractivity contribution < 1.29 is 4.46 Å². The zero-order valence-electron chi connectivity index (χ0n) is 16.4. The van der Waals surface area contributed by atoms with E-state index in [1.807, 2.05) is 0 Å². The van der Waals surface area contributed by atoms with E-state index in [2.05, 4.69) is 84.0 Å². The Morgan fingerprint density at radius 2 is 0.962 bits per heavy atom. The minimum absolute atomic E-state index is 0.491. The summed E-state index contributed by atoms with van der Waals surface area (Å²) in [5.41, 5.74) is 12.0. The molecule has 0 aliphatic heterocycles. The second-order valence-electron chi connectivity index (χ2n) is 7.38.